The van der Waals surface area contributed by atoms with Gasteiger partial charge in [0.2, 0.25) is 5.56 Å². The zero-order chi connectivity index (χ0) is 18.1. The first kappa shape index (κ1) is 17.4. The second kappa shape index (κ2) is 6.84. The van der Waals surface area contributed by atoms with E-state index in [1.165, 1.54) is 6.07 Å². The van der Waals surface area contributed by atoms with Gasteiger partial charge in [0.15, 0.2) is 0 Å². The Bertz CT molecular complexity index is 824. The summed E-state index contributed by atoms with van der Waals surface area (Å²) < 4.78 is 5.21. The monoisotopic (exact) mass is 345 g/mol. The number of rotatable bonds is 4. The summed E-state index contributed by atoms with van der Waals surface area (Å²) in [6.07, 6.45) is -0.0753. The van der Waals surface area contributed by atoms with Crippen LogP contribution in [0.2, 0.25) is 0 Å². The Balaban J connectivity index is 1.77. The van der Waals surface area contributed by atoms with Crippen LogP contribution in [0.5, 0.6) is 0 Å². The van der Waals surface area contributed by atoms with Gasteiger partial charge < -0.3 is 19.5 Å². The summed E-state index contributed by atoms with van der Waals surface area (Å²) in [5.74, 6) is 0.466. The van der Waals surface area contributed by atoms with E-state index < -0.39 is 6.10 Å². The molecule has 1 saturated heterocycles. The zero-order valence-corrected chi connectivity index (χ0v) is 14.7. The van der Waals surface area contributed by atoms with Gasteiger partial charge in [-0.25, -0.2) is 0 Å². The Morgan fingerprint density at radius 2 is 2.20 bits per heavy atom. The number of amides is 1. The molecule has 3 heterocycles. The van der Waals surface area contributed by atoms with Crippen molar-refractivity contribution in [2.45, 2.75) is 39.2 Å². The molecule has 0 spiro atoms. The molecule has 1 fully saturated rings. The lowest BCUT2D eigenvalue weighted by Crippen LogP contribution is -2.31. The van der Waals surface area contributed by atoms with Crippen LogP contribution in [0.1, 0.15) is 47.3 Å². The van der Waals surface area contributed by atoms with E-state index in [4.69, 9.17) is 4.52 Å². The molecule has 0 unspecified atom stereocenters. The second-order valence-corrected chi connectivity index (χ2v) is 6.98. The van der Waals surface area contributed by atoms with Gasteiger partial charge in [0.1, 0.15) is 5.76 Å². The van der Waals surface area contributed by atoms with Crippen LogP contribution in [0.25, 0.3) is 0 Å². The third-order valence-electron chi connectivity index (χ3n) is 4.59. The fourth-order valence-corrected chi connectivity index (χ4v) is 3.29. The molecule has 1 aliphatic heterocycles. The SMILES string of the molecule is Cc1cc(C[C@@H]2CN(C(=O)c3ccc(=O)[nH]c3C(C)C)C[C@@H]2O)on1. The topological polar surface area (TPSA) is 99.4 Å². The summed E-state index contributed by atoms with van der Waals surface area (Å²) in [5.41, 5.74) is 1.68. The van der Waals surface area contributed by atoms with Gasteiger partial charge >= 0.3 is 0 Å². The molecule has 2 aromatic rings. The average molecular weight is 345 g/mol. The molecular formula is C18H23N3O4. The van der Waals surface area contributed by atoms with Crippen molar-refractivity contribution in [2.75, 3.05) is 13.1 Å². The third kappa shape index (κ3) is 3.66. The van der Waals surface area contributed by atoms with Crippen molar-refractivity contribution in [2.24, 2.45) is 5.92 Å². The van der Waals surface area contributed by atoms with Gasteiger partial charge in [0.05, 0.1) is 17.4 Å². The number of hydrogen-bond donors (Lipinski definition) is 2. The Kier molecular flexibility index (Phi) is 4.76. The quantitative estimate of drug-likeness (QED) is 0.874. The smallest absolute Gasteiger partial charge is 0.255 e. The standard InChI is InChI=1S/C18H23N3O4/c1-10(2)17-14(4-5-16(23)19-17)18(24)21-8-12(15(22)9-21)7-13-6-11(3)20-25-13/h4-6,10,12,15,22H,7-9H2,1-3H3,(H,19,23)/t12-,15+/m1/s1. The van der Waals surface area contributed by atoms with Crippen LogP contribution in [0.15, 0.2) is 27.5 Å². The maximum atomic E-state index is 12.9. The molecule has 0 aromatic carbocycles. The lowest BCUT2D eigenvalue weighted by Gasteiger charge is -2.19. The molecule has 1 aliphatic rings. The molecule has 1 amide bonds. The van der Waals surface area contributed by atoms with Crippen LogP contribution in [0.3, 0.4) is 0 Å². The first-order valence-corrected chi connectivity index (χ1v) is 8.48. The van der Waals surface area contributed by atoms with E-state index in [1.54, 1.807) is 11.0 Å². The Hall–Kier alpha value is -2.41. The predicted molar refractivity (Wildman–Crippen MR) is 91.5 cm³/mol. The van der Waals surface area contributed by atoms with E-state index in [2.05, 4.69) is 10.1 Å². The summed E-state index contributed by atoms with van der Waals surface area (Å²) in [4.78, 5) is 28.8. The Morgan fingerprint density at radius 3 is 2.84 bits per heavy atom. The molecule has 0 radical (unpaired) electrons. The van der Waals surface area contributed by atoms with Crippen molar-refractivity contribution in [3.05, 3.63) is 51.3 Å². The van der Waals surface area contributed by atoms with Gasteiger partial charge in [-0.05, 0) is 18.9 Å². The summed E-state index contributed by atoms with van der Waals surface area (Å²) >= 11 is 0. The minimum Gasteiger partial charge on any atom is -0.391 e. The molecule has 3 rings (SSSR count). The molecule has 7 nitrogen and oxygen atoms in total. The number of nitrogens with one attached hydrogen (secondary N) is 1. The van der Waals surface area contributed by atoms with Gasteiger partial charge in [0, 0.05) is 43.3 Å². The van der Waals surface area contributed by atoms with Gasteiger partial charge in [-0.2, -0.15) is 0 Å². The van der Waals surface area contributed by atoms with Crippen LogP contribution in [-0.4, -0.2) is 45.2 Å². The molecule has 0 saturated carbocycles. The third-order valence-corrected chi connectivity index (χ3v) is 4.59. The van der Waals surface area contributed by atoms with E-state index in [0.29, 0.717) is 30.0 Å². The van der Waals surface area contributed by atoms with Gasteiger partial charge in [-0.1, -0.05) is 19.0 Å². The molecule has 2 N–H and O–H groups in total. The molecule has 7 heteroatoms. The van der Waals surface area contributed by atoms with Crippen molar-refractivity contribution >= 4 is 5.91 Å². The molecule has 0 aliphatic carbocycles. The van der Waals surface area contributed by atoms with Crippen LogP contribution >= 0.6 is 0 Å². The number of nitrogens with zero attached hydrogens (tertiary/aromatic N) is 2. The summed E-state index contributed by atoms with van der Waals surface area (Å²) in [7, 11) is 0. The normalized spacial score (nSPS) is 20.4. The Labute approximate surface area is 145 Å². The molecule has 25 heavy (non-hydrogen) atoms. The van der Waals surface area contributed by atoms with E-state index in [1.807, 2.05) is 26.8 Å². The lowest BCUT2D eigenvalue weighted by molar-refractivity contribution is 0.0762. The van der Waals surface area contributed by atoms with Crippen molar-refractivity contribution < 1.29 is 14.4 Å². The van der Waals surface area contributed by atoms with Crippen LogP contribution < -0.4 is 5.56 Å². The van der Waals surface area contributed by atoms with Crippen molar-refractivity contribution in [1.29, 1.82) is 0 Å². The highest BCUT2D eigenvalue weighted by Crippen LogP contribution is 2.25. The van der Waals surface area contributed by atoms with E-state index in [-0.39, 0.29) is 29.8 Å². The fourth-order valence-electron chi connectivity index (χ4n) is 3.29. The lowest BCUT2D eigenvalue weighted by atomic mass is 10.0. The number of β-amino-alcohol motifs (C(OH)–C–C–N with tert-alkyl or cyclic N) is 1. The number of H-pyrrole nitrogens is 1. The van der Waals surface area contributed by atoms with Crippen molar-refractivity contribution in [1.82, 2.24) is 15.0 Å². The maximum absolute atomic E-state index is 12.9. The van der Waals surface area contributed by atoms with Crippen molar-refractivity contribution in [3.63, 3.8) is 0 Å². The van der Waals surface area contributed by atoms with Crippen LogP contribution in [-0.2, 0) is 6.42 Å². The fraction of sp³-hybridized carbons (Fsp3) is 0.500. The van der Waals surface area contributed by atoms with E-state index in [9.17, 15) is 14.7 Å². The molecule has 2 aromatic heterocycles. The number of hydrogen-bond acceptors (Lipinski definition) is 5. The highest BCUT2D eigenvalue weighted by molar-refractivity contribution is 5.95. The van der Waals surface area contributed by atoms with Gasteiger partial charge in [-0.3, -0.25) is 9.59 Å². The molecular weight excluding hydrogens is 322 g/mol. The minimum absolute atomic E-state index is 0.0216. The molecule has 134 valence electrons. The number of aliphatic hydroxyl groups is 1. The molecule has 2 atom stereocenters. The van der Waals surface area contributed by atoms with E-state index in [0.717, 1.165) is 5.69 Å². The summed E-state index contributed by atoms with van der Waals surface area (Å²) in [6.45, 7) is 6.41. The average Bonchev–Trinajstić information content (AvgIpc) is 3.13. The first-order valence-electron chi connectivity index (χ1n) is 8.48. The second-order valence-electron chi connectivity index (χ2n) is 6.98. The van der Waals surface area contributed by atoms with Gasteiger partial charge in [0.25, 0.3) is 5.91 Å². The van der Waals surface area contributed by atoms with E-state index >= 15 is 0 Å². The predicted octanol–water partition coefficient (Wildman–Crippen LogP) is 1.47. The number of aromatic amines is 1. The number of aliphatic hydroxyl groups excluding tert-OH is 1. The van der Waals surface area contributed by atoms with Gasteiger partial charge in [-0.15, -0.1) is 0 Å². The maximum Gasteiger partial charge on any atom is 0.255 e. The van der Waals surface area contributed by atoms with Crippen LogP contribution in [0.4, 0.5) is 0 Å². The van der Waals surface area contributed by atoms with Crippen LogP contribution in [0, 0.1) is 12.8 Å². The highest BCUT2D eigenvalue weighted by Gasteiger charge is 2.36. The summed E-state index contributed by atoms with van der Waals surface area (Å²) in [6, 6.07) is 4.77. The first-order chi connectivity index (χ1) is 11.8. The molecule has 0 bridgehead atoms. The number of carbonyl (C=O) groups is 1. The summed E-state index contributed by atoms with van der Waals surface area (Å²) in [5, 5.41) is 14.2. The largest absolute Gasteiger partial charge is 0.391 e. The number of pyridine rings is 1. The number of likely N-dealkylation sites (tertiary alicyclic amines) is 1. The highest BCUT2D eigenvalue weighted by atomic mass is 16.5. The Morgan fingerprint density at radius 1 is 1.44 bits per heavy atom. The zero-order valence-electron chi connectivity index (χ0n) is 14.7. The minimum atomic E-state index is -0.611. The van der Waals surface area contributed by atoms with Crippen molar-refractivity contribution in [3.8, 4) is 0 Å². The number of aromatic nitrogens is 2. The number of aryl methyl sites for hydroxylation is 1. The number of carbonyl (C=O) groups excluding carboxylic acids is 1.